The van der Waals surface area contributed by atoms with Crippen LogP contribution in [-0.4, -0.2) is 76.9 Å². The van der Waals surface area contributed by atoms with E-state index in [4.69, 9.17) is 0 Å². The van der Waals surface area contributed by atoms with Crippen LogP contribution in [0.4, 0.5) is 0 Å². The SMILES string of the molecule is CCn1nc(CC(C)C)cc1C(=O)N1CCCN(S(=O)(=O)N2CCCCC2)CC1. The molecule has 2 aliphatic rings. The zero-order chi connectivity index (χ0) is 21.0. The standard InChI is InChI=1S/C20H35N5O3S/c1-4-25-19(16-18(21-25)15-17(2)3)20(26)22-9-8-12-24(14-13-22)29(27,28)23-10-6-5-7-11-23/h16-17H,4-15H2,1-3H3. The molecule has 2 saturated heterocycles. The topological polar surface area (TPSA) is 78.8 Å². The summed E-state index contributed by atoms with van der Waals surface area (Å²) < 4.78 is 30.9. The minimum atomic E-state index is -3.43. The predicted molar refractivity (Wildman–Crippen MR) is 113 cm³/mol. The van der Waals surface area contributed by atoms with Gasteiger partial charge in [-0.15, -0.1) is 0 Å². The number of aryl methyl sites for hydroxylation is 1. The van der Waals surface area contributed by atoms with Gasteiger partial charge in [-0.1, -0.05) is 20.3 Å². The van der Waals surface area contributed by atoms with E-state index in [0.29, 0.717) is 63.8 Å². The van der Waals surface area contributed by atoms with E-state index in [2.05, 4.69) is 18.9 Å². The van der Waals surface area contributed by atoms with Crippen molar-refractivity contribution in [2.75, 3.05) is 39.3 Å². The molecule has 2 fully saturated rings. The zero-order valence-corrected chi connectivity index (χ0v) is 18.8. The predicted octanol–water partition coefficient (Wildman–Crippen LogP) is 1.98. The molecule has 0 N–H and O–H groups in total. The number of carbonyl (C=O) groups is 1. The summed E-state index contributed by atoms with van der Waals surface area (Å²) in [6.07, 6.45) is 4.44. The Kier molecular flexibility index (Phi) is 7.34. The van der Waals surface area contributed by atoms with Gasteiger partial charge in [0.25, 0.3) is 16.1 Å². The molecule has 9 heteroatoms. The molecule has 1 aromatic rings. The van der Waals surface area contributed by atoms with Gasteiger partial charge in [0.05, 0.1) is 5.69 Å². The van der Waals surface area contributed by atoms with Gasteiger partial charge in [0.2, 0.25) is 0 Å². The third-order valence-electron chi connectivity index (χ3n) is 5.68. The molecule has 0 bridgehead atoms. The molecule has 3 rings (SSSR count). The highest BCUT2D eigenvalue weighted by molar-refractivity contribution is 7.86. The van der Waals surface area contributed by atoms with Crippen molar-refractivity contribution < 1.29 is 13.2 Å². The highest BCUT2D eigenvalue weighted by atomic mass is 32.2. The normalized spacial score (nSPS) is 20.2. The number of hydrogen-bond acceptors (Lipinski definition) is 4. The van der Waals surface area contributed by atoms with Crippen LogP contribution < -0.4 is 0 Å². The van der Waals surface area contributed by atoms with Crippen LogP contribution in [0.3, 0.4) is 0 Å². The summed E-state index contributed by atoms with van der Waals surface area (Å²) in [5.41, 5.74) is 1.55. The summed E-state index contributed by atoms with van der Waals surface area (Å²) >= 11 is 0. The van der Waals surface area contributed by atoms with E-state index in [0.717, 1.165) is 31.4 Å². The first-order valence-electron chi connectivity index (χ1n) is 10.9. The molecule has 0 aromatic carbocycles. The molecule has 0 aliphatic carbocycles. The van der Waals surface area contributed by atoms with Crippen LogP contribution in [-0.2, 0) is 23.2 Å². The van der Waals surface area contributed by atoms with Crippen molar-refractivity contribution in [3.63, 3.8) is 0 Å². The Hall–Kier alpha value is -1.45. The fourth-order valence-corrected chi connectivity index (χ4v) is 5.87. The first-order valence-corrected chi connectivity index (χ1v) is 12.3. The van der Waals surface area contributed by atoms with Crippen molar-refractivity contribution >= 4 is 16.1 Å². The Morgan fingerprint density at radius 1 is 1.00 bits per heavy atom. The molecule has 8 nitrogen and oxygen atoms in total. The van der Waals surface area contributed by atoms with Crippen LogP contribution in [0.2, 0.25) is 0 Å². The molecule has 0 unspecified atom stereocenters. The molecule has 29 heavy (non-hydrogen) atoms. The van der Waals surface area contributed by atoms with Crippen molar-refractivity contribution in [2.24, 2.45) is 5.92 Å². The number of rotatable bonds is 6. The Bertz CT molecular complexity index is 799. The van der Waals surface area contributed by atoms with Crippen molar-refractivity contribution in [1.29, 1.82) is 0 Å². The number of hydrogen-bond donors (Lipinski definition) is 0. The van der Waals surface area contributed by atoms with Crippen molar-refractivity contribution in [3.8, 4) is 0 Å². The quantitative estimate of drug-likeness (QED) is 0.698. The Morgan fingerprint density at radius 3 is 2.31 bits per heavy atom. The number of amides is 1. The van der Waals surface area contributed by atoms with Gasteiger partial charge in [0.1, 0.15) is 5.69 Å². The second-order valence-electron chi connectivity index (χ2n) is 8.45. The minimum Gasteiger partial charge on any atom is -0.336 e. The Labute approximate surface area is 175 Å². The maximum atomic E-state index is 13.2. The van der Waals surface area contributed by atoms with Crippen molar-refractivity contribution in [2.45, 2.75) is 59.4 Å². The van der Waals surface area contributed by atoms with Gasteiger partial charge in [0.15, 0.2) is 0 Å². The average Bonchev–Trinajstić information content (AvgIpc) is 2.93. The van der Waals surface area contributed by atoms with Crippen LogP contribution in [0.15, 0.2) is 6.07 Å². The summed E-state index contributed by atoms with van der Waals surface area (Å²) in [5.74, 6) is 0.427. The van der Waals surface area contributed by atoms with Gasteiger partial charge >= 0.3 is 0 Å². The third-order valence-corrected chi connectivity index (χ3v) is 7.71. The highest BCUT2D eigenvalue weighted by Crippen LogP contribution is 2.19. The Balaban J connectivity index is 1.69. The largest absolute Gasteiger partial charge is 0.336 e. The summed E-state index contributed by atoms with van der Waals surface area (Å²) in [6, 6.07) is 1.90. The summed E-state index contributed by atoms with van der Waals surface area (Å²) in [7, 11) is -3.43. The van der Waals surface area contributed by atoms with Gasteiger partial charge in [-0.3, -0.25) is 9.48 Å². The average molecular weight is 426 g/mol. The molecule has 2 aliphatic heterocycles. The molecule has 0 radical (unpaired) electrons. The molecular formula is C20H35N5O3S. The van der Waals surface area contributed by atoms with E-state index in [9.17, 15) is 13.2 Å². The lowest BCUT2D eigenvalue weighted by molar-refractivity contribution is 0.0751. The Morgan fingerprint density at radius 2 is 1.66 bits per heavy atom. The number of nitrogens with zero attached hydrogens (tertiary/aromatic N) is 5. The van der Waals surface area contributed by atoms with E-state index in [1.807, 2.05) is 13.0 Å². The summed E-state index contributed by atoms with van der Waals surface area (Å²) in [6.45, 7) is 9.92. The van der Waals surface area contributed by atoms with E-state index in [1.165, 1.54) is 0 Å². The second-order valence-corrected chi connectivity index (χ2v) is 10.4. The molecule has 0 spiro atoms. The van der Waals surface area contributed by atoms with E-state index >= 15 is 0 Å². The zero-order valence-electron chi connectivity index (χ0n) is 18.0. The maximum Gasteiger partial charge on any atom is 0.282 e. The number of carbonyl (C=O) groups excluding carboxylic acids is 1. The lowest BCUT2D eigenvalue weighted by atomic mass is 10.1. The van der Waals surface area contributed by atoms with Crippen molar-refractivity contribution in [3.05, 3.63) is 17.5 Å². The fourth-order valence-electron chi connectivity index (χ4n) is 4.15. The summed E-state index contributed by atoms with van der Waals surface area (Å²) in [5, 5.41) is 4.58. The molecule has 164 valence electrons. The smallest absolute Gasteiger partial charge is 0.282 e. The van der Waals surface area contributed by atoms with Crippen LogP contribution in [0.25, 0.3) is 0 Å². The van der Waals surface area contributed by atoms with Gasteiger partial charge in [-0.05, 0) is 44.6 Å². The van der Waals surface area contributed by atoms with Crippen LogP contribution in [0.5, 0.6) is 0 Å². The second kappa shape index (κ2) is 9.57. The van der Waals surface area contributed by atoms with Gasteiger partial charge in [-0.2, -0.15) is 22.1 Å². The summed E-state index contributed by atoms with van der Waals surface area (Å²) in [4.78, 5) is 15.0. The van der Waals surface area contributed by atoms with Gasteiger partial charge < -0.3 is 4.90 Å². The van der Waals surface area contributed by atoms with E-state index < -0.39 is 10.2 Å². The van der Waals surface area contributed by atoms with Crippen molar-refractivity contribution in [1.82, 2.24) is 23.3 Å². The van der Waals surface area contributed by atoms with Gasteiger partial charge in [-0.25, -0.2) is 0 Å². The molecule has 1 amide bonds. The maximum absolute atomic E-state index is 13.2. The number of aromatic nitrogens is 2. The lowest BCUT2D eigenvalue weighted by Gasteiger charge is -2.31. The first kappa shape index (κ1) is 22.2. The lowest BCUT2D eigenvalue weighted by Crippen LogP contribution is -2.47. The molecule has 0 atom stereocenters. The first-order chi connectivity index (χ1) is 13.8. The van der Waals surface area contributed by atoms with Crippen LogP contribution >= 0.6 is 0 Å². The molecule has 1 aromatic heterocycles. The molecule has 0 saturated carbocycles. The minimum absolute atomic E-state index is 0.0495. The van der Waals surface area contributed by atoms with E-state index in [1.54, 1.807) is 18.2 Å². The highest BCUT2D eigenvalue weighted by Gasteiger charge is 2.33. The molecular weight excluding hydrogens is 390 g/mol. The molecule has 3 heterocycles. The van der Waals surface area contributed by atoms with E-state index in [-0.39, 0.29) is 5.91 Å². The van der Waals surface area contributed by atoms with Gasteiger partial charge in [0, 0.05) is 45.8 Å². The number of piperidine rings is 1. The monoisotopic (exact) mass is 425 g/mol. The van der Waals surface area contributed by atoms with Crippen LogP contribution in [0.1, 0.15) is 62.6 Å². The van der Waals surface area contributed by atoms with Crippen LogP contribution in [0, 0.1) is 5.92 Å². The third kappa shape index (κ3) is 5.19. The fraction of sp³-hybridized carbons (Fsp3) is 0.800.